The fourth-order valence-electron chi connectivity index (χ4n) is 1.99. The number of hydrogen-bond acceptors (Lipinski definition) is 3. The minimum atomic E-state index is -0.850. The summed E-state index contributed by atoms with van der Waals surface area (Å²) in [6, 6.07) is 1.06. The minimum absolute atomic E-state index is 0.368. The predicted octanol–water partition coefficient (Wildman–Crippen LogP) is 2.98. The van der Waals surface area contributed by atoms with E-state index in [0.717, 1.165) is 12.1 Å². The number of nitrogens with one attached hydrogen (secondary N) is 1. The van der Waals surface area contributed by atoms with Gasteiger partial charge in [-0.25, -0.2) is 4.98 Å². The van der Waals surface area contributed by atoms with Crippen LogP contribution in [0.5, 0.6) is 0 Å². The molecule has 0 radical (unpaired) electrons. The number of hydrogen-bond donors (Lipinski definition) is 2. The first-order valence-corrected chi connectivity index (χ1v) is 7.05. The second kappa shape index (κ2) is 6.43. The zero-order chi connectivity index (χ0) is 14.7. The third-order valence-corrected chi connectivity index (χ3v) is 3.41. The number of nitrogens with zero attached hydrogens (tertiary/aromatic N) is 2. The third kappa shape index (κ3) is 3.42. The molecule has 2 N–H and O–H groups in total. The average Bonchev–Trinajstić information content (AvgIpc) is 2.77. The van der Waals surface area contributed by atoms with Crippen LogP contribution in [0.4, 0.5) is 0 Å². The monoisotopic (exact) mass is 315 g/mol. The topological polar surface area (TPSA) is 66.6 Å². The molecule has 0 saturated carbocycles. The molecular formula is C13H15Cl2N3O2. The summed E-state index contributed by atoms with van der Waals surface area (Å²) in [4.78, 5) is 15.4. The van der Waals surface area contributed by atoms with E-state index in [1.54, 1.807) is 22.9 Å². The summed E-state index contributed by atoms with van der Waals surface area (Å²) in [5.41, 5.74) is 1.33. The number of aliphatic carboxylic acids is 1. The van der Waals surface area contributed by atoms with E-state index in [-0.39, 0.29) is 0 Å². The van der Waals surface area contributed by atoms with Crippen molar-refractivity contribution in [3.05, 3.63) is 34.2 Å². The van der Waals surface area contributed by atoms with Crippen LogP contribution in [0.2, 0.25) is 10.0 Å². The molecule has 1 unspecified atom stereocenters. The van der Waals surface area contributed by atoms with E-state index in [1.165, 1.54) is 0 Å². The van der Waals surface area contributed by atoms with E-state index >= 15 is 0 Å². The number of carbonyl (C=O) groups is 1. The first-order chi connectivity index (χ1) is 9.51. The average molecular weight is 316 g/mol. The van der Waals surface area contributed by atoms with Gasteiger partial charge in [0, 0.05) is 18.9 Å². The highest BCUT2D eigenvalue weighted by Gasteiger charge is 2.16. The molecule has 0 aliphatic carbocycles. The highest BCUT2D eigenvalue weighted by atomic mass is 35.5. The Kier molecular flexibility index (Phi) is 4.86. The Morgan fingerprint density at radius 3 is 2.90 bits per heavy atom. The maximum atomic E-state index is 11.1. The van der Waals surface area contributed by atoms with Crippen LogP contribution >= 0.6 is 23.2 Å². The summed E-state index contributed by atoms with van der Waals surface area (Å²) >= 11 is 12.0. The maximum absolute atomic E-state index is 11.1. The number of carboxylic acids is 1. The van der Waals surface area contributed by atoms with Gasteiger partial charge in [-0.1, -0.05) is 36.5 Å². The molecule has 0 spiro atoms. The van der Waals surface area contributed by atoms with Crippen LogP contribution in [0.15, 0.2) is 18.5 Å². The Morgan fingerprint density at radius 1 is 1.50 bits per heavy atom. The molecule has 7 heteroatoms. The Hall–Kier alpha value is -1.30. The van der Waals surface area contributed by atoms with Crippen molar-refractivity contribution in [2.24, 2.45) is 0 Å². The number of pyridine rings is 1. The molecule has 0 aliphatic heterocycles. The summed E-state index contributed by atoms with van der Waals surface area (Å²) in [5.74, 6) is -0.850. The first kappa shape index (κ1) is 15.1. The second-order valence-corrected chi connectivity index (χ2v) is 5.37. The van der Waals surface area contributed by atoms with Crippen LogP contribution in [0.25, 0.3) is 5.65 Å². The Balaban J connectivity index is 2.14. The van der Waals surface area contributed by atoms with Crippen molar-refractivity contribution in [1.29, 1.82) is 0 Å². The molecule has 0 amide bonds. The van der Waals surface area contributed by atoms with Gasteiger partial charge in [-0.15, -0.1) is 0 Å². The van der Waals surface area contributed by atoms with Gasteiger partial charge in [-0.2, -0.15) is 0 Å². The molecule has 0 saturated heterocycles. The van der Waals surface area contributed by atoms with Gasteiger partial charge in [0.05, 0.1) is 15.7 Å². The van der Waals surface area contributed by atoms with Crippen LogP contribution in [0.3, 0.4) is 0 Å². The van der Waals surface area contributed by atoms with Crippen LogP contribution in [-0.2, 0) is 11.3 Å². The smallest absolute Gasteiger partial charge is 0.320 e. The van der Waals surface area contributed by atoms with E-state index in [2.05, 4.69) is 10.3 Å². The normalized spacial score (nSPS) is 12.8. The van der Waals surface area contributed by atoms with Gasteiger partial charge in [-0.3, -0.25) is 10.1 Å². The second-order valence-electron chi connectivity index (χ2n) is 4.53. The molecule has 0 bridgehead atoms. The summed E-state index contributed by atoms with van der Waals surface area (Å²) in [7, 11) is 0. The Morgan fingerprint density at radius 2 is 2.25 bits per heavy atom. The number of rotatable bonds is 6. The minimum Gasteiger partial charge on any atom is -0.480 e. The van der Waals surface area contributed by atoms with E-state index in [1.807, 2.05) is 6.92 Å². The van der Waals surface area contributed by atoms with Crippen molar-refractivity contribution < 1.29 is 9.90 Å². The van der Waals surface area contributed by atoms with E-state index in [0.29, 0.717) is 28.7 Å². The van der Waals surface area contributed by atoms with Crippen molar-refractivity contribution in [3.63, 3.8) is 0 Å². The van der Waals surface area contributed by atoms with Crippen molar-refractivity contribution >= 4 is 34.8 Å². The van der Waals surface area contributed by atoms with Crippen molar-refractivity contribution in [3.8, 4) is 0 Å². The zero-order valence-electron chi connectivity index (χ0n) is 10.9. The lowest BCUT2D eigenvalue weighted by molar-refractivity contribution is -0.139. The SMILES string of the molecule is CCCC(NCc1cn2cc(Cl)cc(Cl)c2n1)C(=O)O. The quantitative estimate of drug-likeness (QED) is 0.860. The van der Waals surface area contributed by atoms with Crippen molar-refractivity contribution in [1.82, 2.24) is 14.7 Å². The van der Waals surface area contributed by atoms with Gasteiger partial charge in [0.1, 0.15) is 6.04 Å². The summed E-state index contributed by atoms with van der Waals surface area (Å²) in [5, 5.41) is 13.0. The summed E-state index contributed by atoms with van der Waals surface area (Å²) < 4.78 is 1.73. The van der Waals surface area contributed by atoms with Crippen LogP contribution in [-0.4, -0.2) is 26.5 Å². The Labute approximate surface area is 126 Å². The van der Waals surface area contributed by atoms with E-state index in [9.17, 15) is 4.79 Å². The molecule has 2 aromatic rings. The largest absolute Gasteiger partial charge is 0.480 e. The van der Waals surface area contributed by atoms with Gasteiger partial charge >= 0.3 is 5.97 Å². The summed E-state index contributed by atoms with van der Waals surface area (Å²) in [6.07, 6.45) is 4.87. The lowest BCUT2D eigenvalue weighted by atomic mass is 10.1. The molecule has 20 heavy (non-hydrogen) atoms. The number of aromatic nitrogens is 2. The Bertz CT molecular complexity index is 627. The molecule has 2 aromatic heterocycles. The molecule has 0 aromatic carbocycles. The lowest BCUT2D eigenvalue weighted by Gasteiger charge is -2.11. The van der Waals surface area contributed by atoms with Crippen LogP contribution < -0.4 is 5.32 Å². The number of imidazole rings is 1. The standard InChI is InChI=1S/C13H15Cl2N3O2/c1-2-3-11(13(19)20)16-5-9-7-18-6-8(14)4-10(15)12(18)17-9/h4,6-7,11,16H,2-3,5H2,1H3,(H,19,20). The van der Waals surface area contributed by atoms with E-state index in [4.69, 9.17) is 28.3 Å². The van der Waals surface area contributed by atoms with Gasteiger partial charge in [0.25, 0.3) is 0 Å². The first-order valence-electron chi connectivity index (χ1n) is 6.30. The van der Waals surface area contributed by atoms with E-state index < -0.39 is 12.0 Å². The molecular weight excluding hydrogens is 301 g/mol. The number of halogens is 2. The molecule has 2 heterocycles. The third-order valence-electron chi connectivity index (χ3n) is 2.93. The molecule has 108 valence electrons. The molecule has 5 nitrogen and oxygen atoms in total. The van der Waals surface area contributed by atoms with Crippen molar-refractivity contribution in [2.45, 2.75) is 32.4 Å². The van der Waals surface area contributed by atoms with Gasteiger partial charge in [0.15, 0.2) is 5.65 Å². The number of carboxylic acid groups (broad SMARTS) is 1. The molecule has 2 rings (SSSR count). The van der Waals surface area contributed by atoms with Gasteiger partial charge in [0.2, 0.25) is 0 Å². The van der Waals surface area contributed by atoms with Crippen LogP contribution in [0.1, 0.15) is 25.5 Å². The molecule has 0 fully saturated rings. The lowest BCUT2D eigenvalue weighted by Crippen LogP contribution is -2.36. The summed E-state index contributed by atoms with van der Waals surface area (Å²) in [6.45, 7) is 2.32. The van der Waals surface area contributed by atoms with Crippen LogP contribution in [0, 0.1) is 0 Å². The maximum Gasteiger partial charge on any atom is 0.320 e. The predicted molar refractivity (Wildman–Crippen MR) is 78.4 cm³/mol. The fraction of sp³-hybridized carbons (Fsp3) is 0.385. The van der Waals surface area contributed by atoms with Crippen molar-refractivity contribution in [2.75, 3.05) is 0 Å². The van der Waals surface area contributed by atoms with Gasteiger partial charge < -0.3 is 9.51 Å². The fourth-order valence-corrected chi connectivity index (χ4v) is 2.52. The molecule has 1 atom stereocenters. The zero-order valence-corrected chi connectivity index (χ0v) is 12.4. The highest BCUT2D eigenvalue weighted by Crippen LogP contribution is 2.21. The highest BCUT2D eigenvalue weighted by molar-refractivity contribution is 6.36. The molecule has 0 aliphatic rings. The van der Waals surface area contributed by atoms with Gasteiger partial charge in [-0.05, 0) is 12.5 Å². The number of fused-ring (bicyclic) bond motifs is 1.